The van der Waals surface area contributed by atoms with E-state index in [4.69, 9.17) is 4.74 Å². The molecule has 0 radical (unpaired) electrons. The lowest BCUT2D eigenvalue weighted by molar-refractivity contribution is -0.137. The summed E-state index contributed by atoms with van der Waals surface area (Å²) in [6.07, 6.45) is 4.25. The van der Waals surface area contributed by atoms with Gasteiger partial charge in [-0.2, -0.15) is 0 Å². The highest BCUT2D eigenvalue weighted by atomic mass is 79.9. The minimum absolute atomic E-state index is 0.102. The van der Waals surface area contributed by atoms with Crippen molar-refractivity contribution in [2.45, 2.75) is 38.7 Å². The largest absolute Gasteiger partial charge is 0.481 e. The van der Waals surface area contributed by atoms with Gasteiger partial charge in [-0.05, 0) is 44.0 Å². The molecule has 4 heteroatoms. The molecule has 1 aromatic rings. The minimum Gasteiger partial charge on any atom is -0.481 e. The fourth-order valence-corrected chi connectivity index (χ4v) is 2.58. The Morgan fingerprint density at radius 1 is 1.16 bits per heavy atom. The van der Waals surface area contributed by atoms with Gasteiger partial charge in [-0.25, -0.2) is 0 Å². The van der Waals surface area contributed by atoms with Crippen LogP contribution in [0, 0.1) is 0 Å². The van der Waals surface area contributed by atoms with Gasteiger partial charge in [0.15, 0.2) is 6.10 Å². The minimum atomic E-state index is -0.417. The Kier molecular flexibility index (Phi) is 5.25. The van der Waals surface area contributed by atoms with Crippen molar-refractivity contribution in [2.24, 2.45) is 0 Å². The quantitative estimate of drug-likeness (QED) is 0.849. The first kappa shape index (κ1) is 14.4. The Labute approximate surface area is 123 Å². The normalized spacial score (nSPS) is 17.7. The number of benzene rings is 1. The maximum atomic E-state index is 12.3. The smallest absolute Gasteiger partial charge is 0.263 e. The summed E-state index contributed by atoms with van der Waals surface area (Å²) >= 11 is 3.38. The van der Waals surface area contributed by atoms with E-state index < -0.39 is 6.10 Å². The van der Waals surface area contributed by atoms with Gasteiger partial charge < -0.3 is 9.64 Å². The van der Waals surface area contributed by atoms with Crippen LogP contribution in [-0.4, -0.2) is 30.0 Å². The molecule has 19 heavy (non-hydrogen) atoms. The van der Waals surface area contributed by atoms with Crippen LogP contribution >= 0.6 is 15.9 Å². The summed E-state index contributed by atoms with van der Waals surface area (Å²) in [6, 6.07) is 7.57. The molecule has 0 N–H and O–H groups in total. The van der Waals surface area contributed by atoms with E-state index in [1.807, 2.05) is 36.1 Å². The van der Waals surface area contributed by atoms with E-state index in [1.165, 1.54) is 12.8 Å². The second kappa shape index (κ2) is 6.94. The lowest BCUT2D eigenvalue weighted by atomic mass is 10.2. The van der Waals surface area contributed by atoms with Crippen LogP contribution in [0.1, 0.15) is 32.6 Å². The van der Waals surface area contributed by atoms with Crippen LogP contribution in [0.25, 0.3) is 0 Å². The molecule has 0 aliphatic carbocycles. The molecule has 1 amide bonds. The highest BCUT2D eigenvalue weighted by Gasteiger charge is 2.22. The highest BCUT2D eigenvalue weighted by molar-refractivity contribution is 9.10. The zero-order valence-electron chi connectivity index (χ0n) is 11.3. The second-order valence-corrected chi connectivity index (χ2v) is 5.87. The predicted molar refractivity (Wildman–Crippen MR) is 79.3 cm³/mol. The molecular formula is C15H20BrNO2. The average molecular weight is 326 g/mol. The molecule has 2 rings (SSSR count). The third kappa shape index (κ3) is 4.23. The molecule has 1 fully saturated rings. The SMILES string of the molecule is CC(Oc1ccc(Br)cc1)C(=O)N1CCCCCC1. The number of hydrogen-bond acceptors (Lipinski definition) is 2. The van der Waals surface area contributed by atoms with E-state index >= 15 is 0 Å². The highest BCUT2D eigenvalue weighted by Crippen LogP contribution is 2.18. The Morgan fingerprint density at radius 3 is 2.32 bits per heavy atom. The van der Waals surface area contributed by atoms with E-state index in [1.54, 1.807) is 0 Å². The number of likely N-dealkylation sites (tertiary alicyclic amines) is 1. The average Bonchev–Trinajstić information content (AvgIpc) is 2.69. The summed E-state index contributed by atoms with van der Waals surface area (Å²) in [4.78, 5) is 14.3. The number of nitrogens with zero attached hydrogens (tertiary/aromatic N) is 1. The molecule has 1 aliphatic rings. The summed E-state index contributed by atoms with van der Waals surface area (Å²) in [7, 11) is 0. The summed E-state index contributed by atoms with van der Waals surface area (Å²) in [6.45, 7) is 3.56. The molecule has 1 aliphatic heterocycles. The van der Waals surface area contributed by atoms with E-state index in [2.05, 4.69) is 15.9 Å². The number of ether oxygens (including phenoxy) is 1. The number of rotatable bonds is 3. The molecule has 0 spiro atoms. The zero-order valence-corrected chi connectivity index (χ0v) is 12.9. The van der Waals surface area contributed by atoms with Crippen LogP contribution in [0.3, 0.4) is 0 Å². The molecule has 0 aromatic heterocycles. The van der Waals surface area contributed by atoms with Crippen LogP contribution < -0.4 is 4.74 Å². The van der Waals surface area contributed by atoms with E-state index in [0.29, 0.717) is 0 Å². The van der Waals surface area contributed by atoms with Gasteiger partial charge in [-0.15, -0.1) is 0 Å². The number of hydrogen-bond donors (Lipinski definition) is 0. The van der Waals surface area contributed by atoms with Crippen molar-refractivity contribution in [2.75, 3.05) is 13.1 Å². The molecule has 1 heterocycles. The van der Waals surface area contributed by atoms with Crippen molar-refractivity contribution < 1.29 is 9.53 Å². The van der Waals surface area contributed by atoms with Crippen LogP contribution in [0.4, 0.5) is 0 Å². The Bertz CT molecular complexity index is 411. The molecule has 0 saturated carbocycles. The lowest BCUT2D eigenvalue weighted by Gasteiger charge is -2.24. The van der Waals surface area contributed by atoms with Crippen LogP contribution in [0.15, 0.2) is 28.7 Å². The predicted octanol–water partition coefficient (Wildman–Crippen LogP) is 3.62. The molecule has 3 nitrogen and oxygen atoms in total. The van der Waals surface area contributed by atoms with E-state index in [0.717, 1.165) is 36.2 Å². The van der Waals surface area contributed by atoms with Gasteiger partial charge in [0.2, 0.25) is 0 Å². The molecule has 1 unspecified atom stereocenters. The van der Waals surface area contributed by atoms with E-state index in [9.17, 15) is 4.79 Å². The van der Waals surface area contributed by atoms with Gasteiger partial charge in [-0.1, -0.05) is 28.8 Å². The first-order chi connectivity index (χ1) is 9.16. The van der Waals surface area contributed by atoms with Crippen molar-refractivity contribution in [3.8, 4) is 5.75 Å². The van der Waals surface area contributed by atoms with Crippen molar-refractivity contribution in [1.82, 2.24) is 4.90 Å². The van der Waals surface area contributed by atoms with Gasteiger partial charge in [0.25, 0.3) is 5.91 Å². The van der Waals surface area contributed by atoms with Crippen molar-refractivity contribution in [3.63, 3.8) is 0 Å². The molecule has 1 atom stereocenters. The first-order valence-electron chi connectivity index (χ1n) is 6.88. The topological polar surface area (TPSA) is 29.5 Å². The number of amides is 1. The van der Waals surface area contributed by atoms with Crippen LogP contribution in [-0.2, 0) is 4.79 Å². The third-order valence-corrected chi connectivity index (χ3v) is 3.92. The van der Waals surface area contributed by atoms with Crippen LogP contribution in [0.5, 0.6) is 5.75 Å². The van der Waals surface area contributed by atoms with Crippen LogP contribution in [0.2, 0.25) is 0 Å². The molecule has 1 saturated heterocycles. The fourth-order valence-electron chi connectivity index (χ4n) is 2.32. The Hall–Kier alpha value is -1.03. The Morgan fingerprint density at radius 2 is 1.74 bits per heavy atom. The van der Waals surface area contributed by atoms with Crippen molar-refractivity contribution in [1.29, 1.82) is 0 Å². The van der Waals surface area contributed by atoms with Gasteiger partial charge in [-0.3, -0.25) is 4.79 Å². The molecule has 1 aromatic carbocycles. The van der Waals surface area contributed by atoms with Gasteiger partial charge in [0.05, 0.1) is 0 Å². The summed E-state index contributed by atoms with van der Waals surface area (Å²) in [5.41, 5.74) is 0. The monoisotopic (exact) mass is 325 g/mol. The molecular weight excluding hydrogens is 306 g/mol. The van der Waals surface area contributed by atoms with Gasteiger partial charge in [0.1, 0.15) is 5.75 Å². The molecule has 104 valence electrons. The number of carbonyl (C=O) groups excluding carboxylic acids is 1. The maximum Gasteiger partial charge on any atom is 0.263 e. The summed E-state index contributed by atoms with van der Waals surface area (Å²) < 4.78 is 6.72. The van der Waals surface area contributed by atoms with Crippen molar-refractivity contribution in [3.05, 3.63) is 28.7 Å². The van der Waals surface area contributed by atoms with Crippen molar-refractivity contribution >= 4 is 21.8 Å². The third-order valence-electron chi connectivity index (χ3n) is 3.39. The second-order valence-electron chi connectivity index (χ2n) is 4.95. The molecule has 0 bridgehead atoms. The zero-order chi connectivity index (χ0) is 13.7. The number of carbonyl (C=O) groups is 1. The van der Waals surface area contributed by atoms with Gasteiger partial charge >= 0.3 is 0 Å². The standard InChI is InChI=1S/C15H20BrNO2/c1-12(19-14-8-6-13(16)7-9-14)15(18)17-10-4-2-3-5-11-17/h6-9,12H,2-5,10-11H2,1H3. The summed E-state index contributed by atoms with van der Waals surface area (Å²) in [5, 5.41) is 0. The fraction of sp³-hybridized carbons (Fsp3) is 0.533. The first-order valence-corrected chi connectivity index (χ1v) is 7.67. The number of halogens is 1. The summed E-state index contributed by atoms with van der Waals surface area (Å²) in [5.74, 6) is 0.837. The lowest BCUT2D eigenvalue weighted by Crippen LogP contribution is -2.40. The maximum absolute atomic E-state index is 12.3. The Balaban J connectivity index is 1.92. The van der Waals surface area contributed by atoms with Gasteiger partial charge in [0, 0.05) is 17.6 Å². The van der Waals surface area contributed by atoms with E-state index in [-0.39, 0.29) is 5.91 Å².